The average Bonchev–Trinajstić information content (AvgIpc) is 3.18. The van der Waals surface area contributed by atoms with Crippen LogP contribution in [0.5, 0.6) is 0 Å². The van der Waals surface area contributed by atoms with Gasteiger partial charge in [0, 0.05) is 23.5 Å². The van der Waals surface area contributed by atoms with Crippen molar-refractivity contribution in [2.45, 2.75) is 43.9 Å². The van der Waals surface area contributed by atoms with Crippen LogP contribution < -0.4 is 5.32 Å². The van der Waals surface area contributed by atoms with Gasteiger partial charge in [-0.05, 0) is 95.9 Å². The normalized spacial score (nSPS) is 17.9. The maximum Gasteiger partial charge on any atom is 0.243 e. The lowest BCUT2D eigenvalue weighted by molar-refractivity contribution is -0.120. The minimum atomic E-state index is -3.51. The van der Waals surface area contributed by atoms with E-state index in [1.807, 2.05) is 37.3 Å². The van der Waals surface area contributed by atoms with Crippen LogP contribution in [-0.2, 0) is 27.7 Å². The fourth-order valence-electron chi connectivity index (χ4n) is 4.17. The molecule has 5 nitrogen and oxygen atoms in total. The maximum absolute atomic E-state index is 13.1. The molecule has 0 aromatic heterocycles. The monoisotopic (exact) mass is 476 g/mol. The van der Waals surface area contributed by atoms with E-state index in [0.29, 0.717) is 30.8 Å². The van der Waals surface area contributed by atoms with Crippen molar-refractivity contribution in [1.82, 2.24) is 4.31 Å². The van der Waals surface area contributed by atoms with Gasteiger partial charge >= 0.3 is 0 Å². The molecular formula is C22H25BrN2O3S. The molecule has 1 fully saturated rings. The van der Waals surface area contributed by atoms with Gasteiger partial charge in [0.2, 0.25) is 15.9 Å². The molecule has 2 aromatic carbocycles. The Hall–Kier alpha value is -1.70. The third-order valence-electron chi connectivity index (χ3n) is 5.91. The Kier molecular flexibility index (Phi) is 5.82. The van der Waals surface area contributed by atoms with E-state index in [4.69, 9.17) is 0 Å². The molecule has 7 heteroatoms. The molecule has 0 spiro atoms. The molecule has 154 valence electrons. The molecule has 2 aliphatic rings. The third-order valence-corrected chi connectivity index (χ3v) is 8.47. The van der Waals surface area contributed by atoms with Crippen LogP contribution in [0.3, 0.4) is 0 Å². The van der Waals surface area contributed by atoms with Gasteiger partial charge in [-0.1, -0.05) is 12.1 Å². The van der Waals surface area contributed by atoms with Crippen molar-refractivity contribution in [3.8, 4) is 0 Å². The summed E-state index contributed by atoms with van der Waals surface area (Å²) in [5.74, 6) is -0.237. The van der Waals surface area contributed by atoms with Gasteiger partial charge in [0.1, 0.15) is 0 Å². The van der Waals surface area contributed by atoms with Crippen molar-refractivity contribution < 1.29 is 13.2 Å². The zero-order valence-electron chi connectivity index (χ0n) is 16.4. The van der Waals surface area contributed by atoms with Crippen LogP contribution >= 0.6 is 15.9 Å². The minimum absolute atomic E-state index is 0.0517. The third kappa shape index (κ3) is 4.27. The van der Waals surface area contributed by atoms with Crippen LogP contribution in [-0.4, -0.2) is 31.7 Å². The second-order valence-electron chi connectivity index (χ2n) is 7.93. The number of sulfonamides is 1. The van der Waals surface area contributed by atoms with Crippen molar-refractivity contribution in [3.63, 3.8) is 0 Å². The highest BCUT2D eigenvalue weighted by Crippen LogP contribution is 2.30. The van der Waals surface area contributed by atoms with E-state index < -0.39 is 10.0 Å². The molecule has 4 rings (SSSR count). The molecule has 1 saturated heterocycles. The lowest BCUT2D eigenvalue weighted by Gasteiger charge is -2.30. The summed E-state index contributed by atoms with van der Waals surface area (Å²) < 4.78 is 28.5. The van der Waals surface area contributed by atoms with E-state index >= 15 is 0 Å². The van der Waals surface area contributed by atoms with Crippen molar-refractivity contribution in [2.24, 2.45) is 5.92 Å². The number of benzene rings is 2. The largest absolute Gasteiger partial charge is 0.325 e. The molecular weight excluding hydrogens is 452 g/mol. The quantitative estimate of drug-likeness (QED) is 0.715. The van der Waals surface area contributed by atoms with Gasteiger partial charge in [-0.2, -0.15) is 4.31 Å². The molecule has 1 N–H and O–H groups in total. The van der Waals surface area contributed by atoms with E-state index in [0.717, 1.165) is 40.5 Å². The summed E-state index contributed by atoms with van der Waals surface area (Å²) >= 11 is 3.48. The highest BCUT2D eigenvalue weighted by Gasteiger charge is 2.32. The zero-order chi connectivity index (χ0) is 20.6. The Morgan fingerprint density at radius 3 is 2.52 bits per heavy atom. The molecule has 0 saturated carbocycles. The van der Waals surface area contributed by atoms with Crippen LogP contribution in [0.1, 0.15) is 36.0 Å². The van der Waals surface area contributed by atoms with Gasteiger partial charge in [0.15, 0.2) is 0 Å². The zero-order valence-corrected chi connectivity index (χ0v) is 18.9. The maximum atomic E-state index is 13.1. The molecule has 0 unspecified atom stereocenters. The number of hydrogen-bond acceptors (Lipinski definition) is 3. The minimum Gasteiger partial charge on any atom is -0.325 e. The van der Waals surface area contributed by atoms with E-state index in [1.165, 1.54) is 9.87 Å². The first-order chi connectivity index (χ1) is 13.8. The Balaban J connectivity index is 1.40. The number of amides is 1. The Bertz CT molecular complexity index is 1040. The second-order valence-corrected chi connectivity index (χ2v) is 10.7. The summed E-state index contributed by atoms with van der Waals surface area (Å²) in [6, 6.07) is 11.3. The van der Waals surface area contributed by atoms with Gasteiger partial charge in [-0.15, -0.1) is 0 Å². The number of piperidine rings is 1. The Labute approximate surface area is 180 Å². The van der Waals surface area contributed by atoms with E-state index in [-0.39, 0.29) is 11.8 Å². The van der Waals surface area contributed by atoms with E-state index in [1.54, 1.807) is 6.07 Å². The number of hydrogen-bond donors (Lipinski definition) is 1. The second kappa shape index (κ2) is 8.20. The summed E-state index contributed by atoms with van der Waals surface area (Å²) in [6.45, 7) is 2.73. The van der Waals surface area contributed by atoms with E-state index in [9.17, 15) is 13.2 Å². The van der Waals surface area contributed by atoms with Gasteiger partial charge < -0.3 is 5.32 Å². The summed E-state index contributed by atoms with van der Waals surface area (Å²) in [4.78, 5) is 13.0. The number of aryl methyl sites for hydroxylation is 3. The van der Waals surface area contributed by atoms with E-state index in [2.05, 4.69) is 21.2 Å². The topological polar surface area (TPSA) is 66.5 Å². The lowest BCUT2D eigenvalue weighted by Crippen LogP contribution is -2.41. The summed E-state index contributed by atoms with van der Waals surface area (Å²) in [5, 5.41) is 2.97. The van der Waals surface area contributed by atoms with Gasteiger partial charge in [-0.25, -0.2) is 8.42 Å². The molecule has 1 amide bonds. The highest BCUT2D eigenvalue weighted by molar-refractivity contribution is 9.10. The van der Waals surface area contributed by atoms with Crippen LogP contribution in [0.15, 0.2) is 45.8 Å². The molecule has 0 radical (unpaired) electrons. The molecule has 1 heterocycles. The predicted molar refractivity (Wildman–Crippen MR) is 117 cm³/mol. The fourth-order valence-corrected chi connectivity index (χ4v) is 6.29. The van der Waals surface area contributed by atoms with Crippen molar-refractivity contribution in [2.75, 3.05) is 18.4 Å². The smallest absolute Gasteiger partial charge is 0.243 e. The molecule has 29 heavy (non-hydrogen) atoms. The Morgan fingerprint density at radius 2 is 1.79 bits per heavy atom. The molecule has 1 aliphatic carbocycles. The van der Waals surface area contributed by atoms with Crippen LogP contribution in [0.2, 0.25) is 0 Å². The summed E-state index contributed by atoms with van der Waals surface area (Å²) in [5.41, 5.74) is 4.28. The number of fused-ring (bicyclic) bond motifs is 1. The number of carbonyl (C=O) groups is 1. The molecule has 2 aromatic rings. The van der Waals surface area contributed by atoms with Gasteiger partial charge in [0.25, 0.3) is 0 Å². The summed E-state index contributed by atoms with van der Waals surface area (Å²) in [6.07, 6.45) is 4.14. The van der Waals surface area contributed by atoms with Crippen LogP contribution in [0.25, 0.3) is 0 Å². The SMILES string of the molecule is Cc1ccc(NC(=O)C2CCN(S(=O)(=O)c3ccc4c(c3)CCC4)CC2)c(Br)c1. The van der Waals surface area contributed by atoms with Crippen molar-refractivity contribution >= 4 is 37.5 Å². The number of anilines is 1. The number of carbonyl (C=O) groups excluding carboxylic acids is 1. The first-order valence-corrected chi connectivity index (χ1v) is 12.3. The van der Waals surface area contributed by atoms with Crippen molar-refractivity contribution in [3.05, 3.63) is 57.6 Å². The first kappa shape index (κ1) is 20.6. The molecule has 0 bridgehead atoms. The van der Waals surface area contributed by atoms with Gasteiger partial charge in [-0.3, -0.25) is 4.79 Å². The first-order valence-electron chi connectivity index (χ1n) is 10.0. The van der Waals surface area contributed by atoms with Crippen LogP contribution in [0.4, 0.5) is 5.69 Å². The number of rotatable bonds is 4. The Morgan fingerprint density at radius 1 is 1.07 bits per heavy atom. The summed E-state index contributed by atoms with van der Waals surface area (Å²) in [7, 11) is -3.51. The predicted octanol–water partition coefficient (Wildman–Crippen LogP) is 4.29. The number of halogens is 1. The molecule has 1 aliphatic heterocycles. The number of nitrogens with one attached hydrogen (secondary N) is 1. The average molecular weight is 477 g/mol. The van der Waals surface area contributed by atoms with Gasteiger partial charge in [0.05, 0.1) is 10.6 Å². The standard InChI is InChI=1S/C22H25BrN2O3S/c1-15-5-8-21(20(23)13-15)24-22(26)17-9-11-25(12-10-17)29(27,28)19-7-6-16-3-2-4-18(16)14-19/h5-8,13-14,17H,2-4,9-12H2,1H3,(H,24,26). The van der Waals surface area contributed by atoms with Crippen LogP contribution in [0, 0.1) is 12.8 Å². The molecule has 0 atom stereocenters. The highest BCUT2D eigenvalue weighted by atomic mass is 79.9. The fraction of sp³-hybridized carbons (Fsp3) is 0.409. The van der Waals surface area contributed by atoms with Crippen molar-refractivity contribution in [1.29, 1.82) is 0 Å². The number of nitrogens with zero attached hydrogens (tertiary/aromatic N) is 1. The lowest BCUT2D eigenvalue weighted by atomic mass is 9.97.